The number of hydrogen-bond donors (Lipinski definition) is 1. The molecular formula is C26H38N4O5. The number of nitrogens with one attached hydrogen (secondary N) is 1. The first-order valence-electron chi connectivity index (χ1n) is 12.7. The summed E-state index contributed by atoms with van der Waals surface area (Å²) in [6.07, 6.45) is 6.68. The van der Waals surface area contributed by atoms with Gasteiger partial charge in [0, 0.05) is 26.1 Å². The Bertz CT molecular complexity index is 936. The molecule has 1 aromatic rings. The molecular weight excluding hydrogens is 448 g/mol. The Labute approximate surface area is 207 Å². The maximum Gasteiger partial charge on any atom is 0.325 e. The Balaban J connectivity index is 1.28. The van der Waals surface area contributed by atoms with Gasteiger partial charge < -0.3 is 24.6 Å². The lowest BCUT2D eigenvalue weighted by Crippen LogP contribution is -2.51. The Morgan fingerprint density at radius 1 is 1.09 bits per heavy atom. The second kappa shape index (κ2) is 11.3. The molecule has 4 amide bonds. The van der Waals surface area contributed by atoms with Crippen LogP contribution in [0, 0.1) is 5.92 Å². The second-order valence-corrected chi connectivity index (χ2v) is 9.93. The molecule has 1 aromatic carbocycles. The summed E-state index contributed by atoms with van der Waals surface area (Å²) in [5.74, 6) is 1.36. The highest BCUT2D eigenvalue weighted by Crippen LogP contribution is 2.32. The third-order valence-electron chi connectivity index (χ3n) is 7.71. The average molecular weight is 487 g/mol. The number of carbonyl (C=O) groups is 3. The van der Waals surface area contributed by atoms with Crippen molar-refractivity contribution in [3.63, 3.8) is 0 Å². The van der Waals surface area contributed by atoms with Crippen molar-refractivity contribution in [3.8, 4) is 11.5 Å². The van der Waals surface area contributed by atoms with Gasteiger partial charge in [0.2, 0.25) is 5.91 Å². The third-order valence-corrected chi connectivity index (χ3v) is 7.71. The van der Waals surface area contributed by atoms with Crippen molar-refractivity contribution in [2.45, 2.75) is 63.6 Å². The minimum absolute atomic E-state index is 0.0262. The topological polar surface area (TPSA) is 91.4 Å². The van der Waals surface area contributed by atoms with Gasteiger partial charge in [-0.1, -0.05) is 12.5 Å². The number of nitrogens with zero attached hydrogens (tertiary/aromatic N) is 3. The van der Waals surface area contributed by atoms with Crippen LogP contribution in [0.3, 0.4) is 0 Å². The standard InChI is InChI=1S/C26H38N4O5/c1-28(17-19-7-6-14-29-13-5-4-8-21(19)29)24(31)12-10-20-25(32)30(26(33)27-20)16-18-9-11-22(34-2)23(15-18)35-3/h9,11,15,19-21H,4-8,10,12-14,16-17H2,1-3H3,(H,27,33). The van der Waals surface area contributed by atoms with Gasteiger partial charge in [-0.05, 0) is 68.8 Å². The molecule has 3 saturated heterocycles. The zero-order valence-electron chi connectivity index (χ0n) is 21.1. The number of rotatable bonds is 9. The van der Waals surface area contributed by atoms with Crippen LogP contribution in [0.2, 0.25) is 0 Å². The van der Waals surface area contributed by atoms with Crippen molar-refractivity contribution in [3.05, 3.63) is 23.8 Å². The van der Waals surface area contributed by atoms with Crippen LogP contribution in [0.5, 0.6) is 11.5 Å². The Morgan fingerprint density at radius 3 is 2.63 bits per heavy atom. The Hall–Kier alpha value is -2.81. The fourth-order valence-corrected chi connectivity index (χ4v) is 5.79. The maximum absolute atomic E-state index is 12.9. The summed E-state index contributed by atoms with van der Waals surface area (Å²) in [6.45, 7) is 3.26. The first kappa shape index (κ1) is 25.3. The molecule has 3 heterocycles. The average Bonchev–Trinajstić information content (AvgIpc) is 3.14. The number of imide groups is 1. The number of ether oxygens (including phenoxy) is 2. The van der Waals surface area contributed by atoms with Crippen molar-refractivity contribution < 1.29 is 23.9 Å². The molecule has 0 radical (unpaired) electrons. The van der Waals surface area contributed by atoms with Gasteiger partial charge in [0.05, 0.1) is 20.8 Å². The van der Waals surface area contributed by atoms with E-state index in [2.05, 4.69) is 10.2 Å². The molecule has 0 aromatic heterocycles. The van der Waals surface area contributed by atoms with Crippen LogP contribution >= 0.6 is 0 Å². The molecule has 9 heteroatoms. The fourth-order valence-electron chi connectivity index (χ4n) is 5.79. The van der Waals surface area contributed by atoms with Crippen LogP contribution < -0.4 is 14.8 Å². The number of urea groups is 1. The first-order chi connectivity index (χ1) is 16.9. The minimum atomic E-state index is -0.677. The van der Waals surface area contributed by atoms with Gasteiger partial charge >= 0.3 is 6.03 Å². The summed E-state index contributed by atoms with van der Waals surface area (Å²) >= 11 is 0. The Morgan fingerprint density at radius 2 is 1.86 bits per heavy atom. The number of amides is 4. The van der Waals surface area contributed by atoms with E-state index in [4.69, 9.17) is 9.47 Å². The van der Waals surface area contributed by atoms with Crippen molar-refractivity contribution in [1.29, 1.82) is 0 Å². The zero-order chi connectivity index (χ0) is 24.9. The van der Waals surface area contributed by atoms with E-state index in [1.165, 1.54) is 50.1 Å². The van der Waals surface area contributed by atoms with Crippen LogP contribution in [0.25, 0.3) is 0 Å². The van der Waals surface area contributed by atoms with Gasteiger partial charge in [0.15, 0.2) is 11.5 Å². The highest BCUT2D eigenvalue weighted by molar-refractivity contribution is 6.04. The summed E-state index contributed by atoms with van der Waals surface area (Å²) in [5.41, 5.74) is 0.756. The summed E-state index contributed by atoms with van der Waals surface area (Å²) in [5, 5.41) is 2.74. The van der Waals surface area contributed by atoms with Crippen molar-refractivity contribution in [2.24, 2.45) is 5.92 Å². The predicted molar refractivity (Wildman–Crippen MR) is 131 cm³/mol. The number of methoxy groups -OCH3 is 2. The second-order valence-electron chi connectivity index (χ2n) is 9.93. The van der Waals surface area contributed by atoms with Crippen molar-refractivity contribution in [1.82, 2.24) is 20.0 Å². The molecule has 3 atom stereocenters. The molecule has 0 saturated carbocycles. The van der Waals surface area contributed by atoms with E-state index in [9.17, 15) is 14.4 Å². The quantitative estimate of drug-likeness (QED) is 0.540. The van der Waals surface area contributed by atoms with Gasteiger partial charge in [-0.15, -0.1) is 0 Å². The van der Waals surface area contributed by atoms with Crippen molar-refractivity contribution in [2.75, 3.05) is 40.9 Å². The molecule has 4 rings (SSSR count). The lowest BCUT2D eigenvalue weighted by molar-refractivity contribution is -0.132. The van der Waals surface area contributed by atoms with Crippen LogP contribution in [0.1, 0.15) is 50.5 Å². The van der Waals surface area contributed by atoms with Crippen LogP contribution in [0.4, 0.5) is 4.79 Å². The number of piperidine rings is 2. The van der Waals surface area contributed by atoms with Crippen LogP contribution in [-0.2, 0) is 16.1 Å². The highest BCUT2D eigenvalue weighted by Gasteiger charge is 2.38. The van der Waals surface area contributed by atoms with Crippen molar-refractivity contribution >= 4 is 17.8 Å². The van der Waals surface area contributed by atoms with E-state index in [1.54, 1.807) is 32.4 Å². The smallest absolute Gasteiger partial charge is 0.325 e. The molecule has 3 aliphatic heterocycles. The molecule has 3 fully saturated rings. The highest BCUT2D eigenvalue weighted by atomic mass is 16.5. The molecule has 0 spiro atoms. The normalized spacial score (nSPS) is 24.7. The van der Waals surface area contributed by atoms with E-state index >= 15 is 0 Å². The monoisotopic (exact) mass is 486 g/mol. The van der Waals surface area contributed by atoms with Gasteiger partial charge in [-0.2, -0.15) is 0 Å². The third kappa shape index (κ3) is 5.72. The van der Waals surface area contributed by atoms with E-state index in [-0.39, 0.29) is 24.8 Å². The minimum Gasteiger partial charge on any atom is -0.493 e. The first-order valence-corrected chi connectivity index (χ1v) is 12.7. The molecule has 0 bridgehead atoms. The Kier molecular flexibility index (Phi) is 8.15. The van der Waals surface area contributed by atoms with E-state index < -0.39 is 12.1 Å². The van der Waals surface area contributed by atoms with Gasteiger partial charge in [-0.3, -0.25) is 14.5 Å². The summed E-state index contributed by atoms with van der Waals surface area (Å²) in [6, 6.07) is 4.78. The van der Waals surface area contributed by atoms with E-state index in [0.29, 0.717) is 29.9 Å². The summed E-state index contributed by atoms with van der Waals surface area (Å²) in [4.78, 5) is 43.9. The van der Waals surface area contributed by atoms with Gasteiger partial charge in [-0.25, -0.2) is 4.79 Å². The van der Waals surface area contributed by atoms with Gasteiger partial charge in [0.25, 0.3) is 5.91 Å². The molecule has 9 nitrogen and oxygen atoms in total. The predicted octanol–water partition coefficient (Wildman–Crippen LogP) is 2.63. The molecule has 3 unspecified atom stereocenters. The number of benzene rings is 1. The summed E-state index contributed by atoms with van der Waals surface area (Å²) < 4.78 is 10.6. The number of fused-ring (bicyclic) bond motifs is 1. The zero-order valence-corrected chi connectivity index (χ0v) is 21.1. The SMILES string of the molecule is COc1ccc(CN2C(=O)NC(CCC(=O)N(C)CC3CCCN4CCCCC34)C2=O)cc1OC. The summed E-state index contributed by atoms with van der Waals surface area (Å²) in [7, 11) is 4.96. The van der Waals surface area contributed by atoms with Gasteiger partial charge in [0.1, 0.15) is 6.04 Å². The molecule has 3 aliphatic rings. The van der Waals surface area contributed by atoms with E-state index in [0.717, 1.165) is 12.1 Å². The largest absolute Gasteiger partial charge is 0.493 e. The fraction of sp³-hybridized carbons (Fsp3) is 0.654. The van der Waals surface area contributed by atoms with E-state index in [1.807, 2.05) is 11.9 Å². The van der Waals surface area contributed by atoms with Crippen LogP contribution in [-0.4, -0.2) is 85.5 Å². The number of hydrogen-bond acceptors (Lipinski definition) is 6. The van der Waals surface area contributed by atoms with Crippen LogP contribution in [0.15, 0.2) is 18.2 Å². The lowest BCUT2D eigenvalue weighted by Gasteiger charge is -2.45. The molecule has 1 N–H and O–H groups in total. The maximum atomic E-state index is 12.9. The lowest BCUT2D eigenvalue weighted by atomic mass is 9.83. The molecule has 35 heavy (non-hydrogen) atoms. The molecule has 192 valence electrons. The number of carbonyl (C=O) groups excluding carboxylic acids is 3. The molecule has 0 aliphatic carbocycles.